The van der Waals surface area contributed by atoms with Crippen LogP contribution in [0.1, 0.15) is 16.8 Å². The van der Waals surface area contributed by atoms with Crippen molar-refractivity contribution in [2.45, 2.75) is 19.5 Å². The Morgan fingerprint density at radius 3 is 2.77 bits per heavy atom. The second-order valence-electron chi connectivity index (χ2n) is 7.74. The Balaban J connectivity index is 1.27. The fourth-order valence-corrected chi connectivity index (χ4v) is 4.35. The number of rotatable bonds is 7. The zero-order chi connectivity index (χ0) is 20.8. The van der Waals surface area contributed by atoms with Gasteiger partial charge in [0.05, 0.1) is 12.1 Å². The average Bonchev–Trinajstić information content (AvgIpc) is 3.23. The van der Waals surface area contributed by atoms with E-state index in [1.807, 2.05) is 17.5 Å². The van der Waals surface area contributed by atoms with Gasteiger partial charge in [-0.15, -0.1) is 11.3 Å². The van der Waals surface area contributed by atoms with Crippen LogP contribution >= 0.6 is 11.3 Å². The van der Waals surface area contributed by atoms with Crippen molar-refractivity contribution >= 4 is 17.2 Å². The molecule has 0 radical (unpaired) electrons. The van der Waals surface area contributed by atoms with E-state index < -0.39 is 0 Å². The molecule has 3 aromatic rings. The quantitative estimate of drug-likeness (QED) is 0.636. The van der Waals surface area contributed by atoms with Crippen LogP contribution < -0.4 is 5.32 Å². The summed E-state index contributed by atoms with van der Waals surface area (Å²) in [5.74, 6) is -0.0116. The highest BCUT2D eigenvalue weighted by atomic mass is 32.1. The summed E-state index contributed by atoms with van der Waals surface area (Å²) in [6, 6.07) is 12.4. The van der Waals surface area contributed by atoms with Gasteiger partial charge in [0.2, 0.25) is 5.91 Å². The fourth-order valence-electron chi connectivity index (χ4n) is 3.54. The zero-order valence-electron chi connectivity index (χ0n) is 17.3. The van der Waals surface area contributed by atoms with E-state index in [4.69, 9.17) is 0 Å². The van der Waals surface area contributed by atoms with Crippen LogP contribution in [0.2, 0.25) is 0 Å². The predicted octanol–water partition coefficient (Wildman–Crippen LogP) is 2.81. The molecule has 0 atom stereocenters. The number of carbonyl (C=O) groups excluding carboxylic acids is 1. The summed E-state index contributed by atoms with van der Waals surface area (Å²) in [6.45, 7) is 5.95. The number of hydrogen-bond donors (Lipinski definition) is 1. The highest BCUT2D eigenvalue weighted by molar-refractivity contribution is 7.13. The molecule has 0 spiro atoms. The predicted molar refractivity (Wildman–Crippen MR) is 120 cm³/mol. The van der Waals surface area contributed by atoms with Gasteiger partial charge in [-0.05, 0) is 30.3 Å². The first kappa shape index (κ1) is 20.7. The van der Waals surface area contributed by atoms with Crippen LogP contribution in [-0.4, -0.2) is 58.9 Å². The van der Waals surface area contributed by atoms with E-state index >= 15 is 0 Å². The van der Waals surface area contributed by atoms with Gasteiger partial charge in [-0.1, -0.05) is 24.3 Å². The Kier molecular flexibility index (Phi) is 6.84. The lowest BCUT2D eigenvalue weighted by Gasteiger charge is -2.32. The van der Waals surface area contributed by atoms with Gasteiger partial charge in [0.1, 0.15) is 5.01 Å². The molecular formula is C23H27N5OS. The summed E-state index contributed by atoms with van der Waals surface area (Å²) in [5.41, 5.74) is 4.20. The third-order valence-corrected chi connectivity index (χ3v) is 6.23. The molecule has 1 saturated heterocycles. The lowest BCUT2D eigenvalue weighted by molar-refractivity contribution is -0.120. The number of thiazole rings is 1. The first-order valence-corrected chi connectivity index (χ1v) is 11.1. The molecule has 1 fully saturated rings. The van der Waals surface area contributed by atoms with Crippen molar-refractivity contribution in [2.24, 2.45) is 0 Å². The van der Waals surface area contributed by atoms with Crippen LogP contribution in [0.5, 0.6) is 0 Å². The van der Waals surface area contributed by atoms with Gasteiger partial charge in [0.25, 0.3) is 0 Å². The summed E-state index contributed by atoms with van der Waals surface area (Å²) in [7, 11) is 2.17. The summed E-state index contributed by atoms with van der Waals surface area (Å²) in [5, 5.41) is 5.86. The van der Waals surface area contributed by atoms with E-state index in [2.05, 4.69) is 56.4 Å². The van der Waals surface area contributed by atoms with E-state index in [0.29, 0.717) is 6.54 Å². The summed E-state index contributed by atoms with van der Waals surface area (Å²) in [4.78, 5) is 25.9. The number of aromatic nitrogens is 2. The molecule has 0 saturated carbocycles. The van der Waals surface area contributed by atoms with Gasteiger partial charge in [-0.3, -0.25) is 14.7 Å². The maximum atomic E-state index is 12.4. The van der Waals surface area contributed by atoms with E-state index in [9.17, 15) is 4.79 Å². The molecular weight excluding hydrogens is 394 g/mol. The molecule has 3 heterocycles. The second-order valence-corrected chi connectivity index (χ2v) is 8.60. The molecule has 156 valence electrons. The molecule has 1 aliphatic rings. The molecule has 0 bridgehead atoms. The van der Waals surface area contributed by atoms with Gasteiger partial charge >= 0.3 is 0 Å². The Hall–Kier alpha value is -2.61. The van der Waals surface area contributed by atoms with Crippen LogP contribution in [0.15, 0.2) is 54.2 Å². The Labute approximate surface area is 181 Å². The van der Waals surface area contributed by atoms with Gasteiger partial charge < -0.3 is 10.2 Å². The SMILES string of the molecule is CN1CCN(Cc2cccc(CNC(=O)Cc3csc(-c4cccnc4)n3)c2)CC1. The Morgan fingerprint density at radius 2 is 1.97 bits per heavy atom. The lowest BCUT2D eigenvalue weighted by Crippen LogP contribution is -2.43. The minimum absolute atomic E-state index is 0.0116. The average molecular weight is 422 g/mol. The third kappa shape index (κ3) is 5.72. The van der Waals surface area contributed by atoms with Crippen molar-refractivity contribution in [1.82, 2.24) is 25.1 Å². The number of piperazine rings is 1. The number of hydrogen-bond acceptors (Lipinski definition) is 6. The fraction of sp³-hybridized carbons (Fsp3) is 0.348. The number of nitrogens with zero attached hydrogens (tertiary/aromatic N) is 4. The van der Waals surface area contributed by atoms with Crippen LogP contribution in [0.3, 0.4) is 0 Å². The number of likely N-dealkylation sites (N-methyl/N-ethyl adjacent to an activating group) is 1. The van der Waals surface area contributed by atoms with Crippen molar-refractivity contribution in [2.75, 3.05) is 33.2 Å². The van der Waals surface area contributed by atoms with Crippen molar-refractivity contribution in [3.05, 3.63) is 71.0 Å². The van der Waals surface area contributed by atoms with E-state index in [-0.39, 0.29) is 12.3 Å². The molecule has 1 aliphatic heterocycles. The van der Waals surface area contributed by atoms with Crippen LogP contribution in [-0.2, 0) is 24.3 Å². The third-order valence-electron chi connectivity index (χ3n) is 5.29. The van der Waals surface area contributed by atoms with E-state index in [1.54, 1.807) is 12.4 Å². The van der Waals surface area contributed by atoms with Gasteiger partial charge in [-0.2, -0.15) is 0 Å². The molecule has 1 amide bonds. The maximum absolute atomic E-state index is 12.4. The number of benzene rings is 1. The van der Waals surface area contributed by atoms with Crippen LogP contribution in [0, 0.1) is 0 Å². The monoisotopic (exact) mass is 421 g/mol. The molecule has 2 aromatic heterocycles. The topological polar surface area (TPSA) is 61.4 Å². The maximum Gasteiger partial charge on any atom is 0.226 e. The molecule has 4 rings (SSSR count). The summed E-state index contributed by atoms with van der Waals surface area (Å²) in [6.07, 6.45) is 3.82. The highest BCUT2D eigenvalue weighted by Gasteiger charge is 2.14. The van der Waals surface area contributed by atoms with Gasteiger partial charge in [-0.25, -0.2) is 4.98 Å². The van der Waals surface area contributed by atoms with Crippen LogP contribution in [0.25, 0.3) is 10.6 Å². The molecule has 1 aromatic carbocycles. The molecule has 7 heteroatoms. The van der Waals surface area contributed by atoms with Crippen LogP contribution in [0.4, 0.5) is 0 Å². The van der Waals surface area contributed by atoms with E-state index in [1.165, 1.54) is 16.9 Å². The Morgan fingerprint density at radius 1 is 1.13 bits per heavy atom. The first-order valence-electron chi connectivity index (χ1n) is 10.3. The molecule has 1 N–H and O–H groups in total. The first-order chi connectivity index (χ1) is 14.7. The number of amides is 1. The van der Waals surface area contributed by atoms with E-state index in [0.717, 1.165) is 54.6 Å². The second kappa shape index (κ2) is 9.93. The number of pyridine rings is 1. The minimum atomic E-state index is -0.0116. The molecule has 0 unspecified atom stereocenters. The lowest BCUT2D eigenvalue weighted by atomic mass is 10.1. The summed E-state index contributed by atoms with van der Waals surface area (Å²) >= 11 is 1.54. The molecule has 0 aliphatic carbocycles. The van der Waals surface area contributed by atoms with Crippen molar-refractivity contribution in [1.29, 1.82) is 0 Å². The van der Waals surface area contributed by atoms with Crippen molar-refractivity contribution < 1.29 is 4.79 Å². The molecule has 6 nitrogen and oxygen atoms in total. The number of nitrogens with one attached hydrogen (secondary N) is 1. The standard InChI is InChI=1S/C23H27N5OS/c1-27-8-10-28(11-9-27)16-19-5-2-4-18(12-19)14-25-22(29)13-21-17-30-23(26-21)20-6-3-7-24-15-20/h2-7,12,15,17H,8-11,13-14,16H2,1H3,(H,25,29). The normalized spacial score (nSPS) is 15.2. The largest absolute Gasteiger partial charge is 0.352 e. The Bertz CT molecular complexity index is 966. The smallest absolute Gasteiger partial charge is 0.226 e. The highest BCUT2D eigenvalue weighted by Crippen LogP contribution is 2.22. The van der Waals surface area contributed by atoms with Crippen molar-refractivity contribution in [3.8, 4) is 10.6 Å². The van der Waals surface area contributed by atoms with Gasteiger partial charge in [0, 0.05) is 62.6 Å². The summed E-state index contributed by atoms with van der Waals surface area (Å²) < 4.78 is 0. The molecule has 30 heavy (non-hydrogen) atoms. The number of carbonyl (C=O) groups is 1. The zero-order valence-corrected chi connectivity index (χ0v) is 18.1. The van der Waals surface area contributed by atoms with Crippen molar-refractivity contribution in [3.63, 3.8) is 0 Å². The van der Waals surface area contributed by atoms with Gasteiger partial charge in [0.15, 0.2) is 0 Å². The minimum Gasteiger partial charge on any atom is -0.352 e.